The van der Waals surface area contributed by atoms with Gasteiger partial charge in [-0.15, -0.1) is 0 Å². The first-order valence-electron chi connectivity index (χ1n) is 8.87. The normalized spacial score (nSPS) is 12.3. The number of carbonyl (C=O) groups is 1. The Kier molecular flexibility index (Phi) is 4.92. The quantitative estimate of drug-likeness (QED) is 0.709. The number of fused-ring (bicyclic) bond motifs is 1. The first-order chi connectivity index (χ1) is 13.3. The summed E-state index contributed by atoms with van der Waals surface area (Å²) in [5.74, 6) is 1.48. The third-order valence-electron chi connectivity index (χ3n) is 4.21. The Labute approximate surface area is 157 Å². The summed E-state index contributed by atoms with van der Waals surface area (Å²) in [6.07, 6.45) is 0.359. The Balaban J connectivity index is 1.37. The van der Waals surface area contributed by atoms with Gasteiger partial charge in [0.1, 0.15) is 13.2 Å². The molecule has 0 aromatic heterocycles. The fourth-order valence-electron chi connectivity index (χ4n) is 2.91. The summed E-state index contributed by atoms with van der Waals surface area (Å²) in [6.45, 7) is 1.14. The van der Waals surface area contributed by atoms with Crippen LogP contribution in [0, 0.1) is 0 Å². The van der Waals surface area contributed by atoms with E-state index in [4.69, 9.17) is 9.47 Å². The molecule has 1 aliphatic rings. The minimum Gasteiger partial charge on any atom is -0.486 e. The highest BCUT2D eigenvalue weighted by molar-refractivity contribution is 5.92. The van der Waals surface area contributed by atoms with Crippen molar-refractivity contribution < 1.29 is 14.3 Å². The fourth-order valence-corrected chi connectivity index (χ4v) is 2.91. The molecule has 0 fully saturated rings. The molecule has 0 aliphatic carbocycles. The van der Waals surface area contributed by atoms with Gasteiger partial charge in [-0.3, -0.25) is 4.79 Å². The molecule has 5 heteroatoms. The third-order valence-corrected chi connectivity index (χ3v) is 4.21. The lowest BCUT2D eigenvalue weighted by Crippen LogP contribution is -2.15. The molecular weight excluding hydrogens is 340 g/mol. The van der Waals surface area contributed by atoms with Gasteiger partial charge in [0.25, 0.3) is 0 Å². The zero-order valence-electron chi connectivity index (χ0n) is 14.8. The van der Waals surface area contributed by atoms with Crippen molar-refractivity contribution in [2.75, 3.05) is 23.8 Å². The molecule has 0 bridgehead atoms. The van der Waals surface area contributed by atoms with Gasteiger partial charge in [-0.25, -0.2) is 0 Å². The topological polar surface area (TPSA) is 59.6 Å². The second-order valence-electron chi connectivity index (χ2n) is 6.27. The Morgan fingerprint density at radius 3 is 2.22 bits per heavy atom. The SMILES string of the molecule is O=C(Cc1ccccc1)Nc1ccc(Nc2ccc3c(c2)OCCO3)cc1. The molecule has 1 aliphatic heterocycles. The van der Waals surface area contributed by atoms with Crippen LogP contribution in [-0.2, 0) is 11.2 Å². The zero-order chi connectivity index (χ0) is 18.5. The van der Waals surface area contributed by atoms with Crippen molar-refractivity contribution >= 4 is 23.0 Å². The number of hydrogen-bond donors (Lipinski definition) is 2. The Morgan fingerprint density at radius 1 is 0.778 bits per heavy atom. The molecule has 1 amide bonds. The van der Waals surface area contributed by atoms with Crippen molar-refractivity contribution in [3.05, 3.63) is 78.4 Å². The highest BCUT2D eigenvalue weighted by Crippen LogP contribution is 2.33. The van der Waals surface area contributed by atoms with Crippen LogP contribution in [0.25, 0.3) is 0 Å². The number of rotatable bonds is 5. The second-order valence-corrected chi connectivity index (χ2v) is 6.27. The van der Waals surface area contributed by atoms with Gasteiger partial charge in [0.05, 0.1) is 6.42 Å². The Hall–Kier alpha value is -3.47. The summed E-state index contributed by atoms with van der Waals surface area (Å²) in [6, 6.07) is 23.1. The minimum absolute atomic E-state index is 0.0336. The molecule has 0 spiro atoms. The van der Waals surface area contributed by atoms with Crippen LogP contribution >= 0.6 is 0 Å². The van der Waals surface area contributed by atoms with E-state index in [1.165, 1.54) is 0 Å². The molecule has 0 saturated carbocycles. The molecule has 0 unspecified atom stereocenters. The van der Waals surface area contributed by atoms with Gasteiger partial charge in [0.15, 0.2) is 11.5 Å². The van der Waals surface area contributed by atoms with Crippen molar-refractivity contribution in [3.8, 4) is 11.5 Å². The molecule has 3 aromatic carbocycles. The standard InChI is InChI=1S/C22H20N2O3/c25-22(14-16-4-2-1-3-5-16)24-18-8-6-17(7-9-18)23-19-10-11-20-21(15-19)27-13-12-26-20/h1-11,15,23H,12-14H2,(H,24,25). The lowest BCUT2D eigenvalue weighted by molar-refractivity contribution is -0.115. The van der Waals surface area contributed by atoms with Gasteiger partial charge in [-0.1, -0.05) is 30.3 Å². The monoisotopic (exact) mass is 360 g/mol. The van der Waals surface area contributed by atoms with E-state index in [-0.39, 0.29) is 5.91 Å². The van der Waals surface area contributed by atoms with Crippen molar-refractivity contribution in [1.29, 1.82) is 0 Å². The van der Waals surface area contributed by atoms with E-state index >= 15 is 0 Å². The molecule has 4 rings (SSSR count). The molecule has 5 nitrogen and oxygen atoms in total. The van der Waals surface area contributed by atoms with E-state index < -0.39 is 0 Å². The van der Waals surface area contributed by atoms with Crippen molar-refractivity contribution in [1.82, 2.24) is 0 Å². The van der Waals surface area contributed by atoms with E-state index in [9.17, 15) is 4.79 Å². The van der Waals surface area contributed by atoms with E-state index in [1.807, 2.05) is 72.8 Å². The third kappa shape index (κ3) is 4.39. The lowest BCUT2D eigenvalue weighted by atomic mass is 10.1. The van der Waals surface area contributed by atoms with Crippen molar-refractivity contribution in [2.24, 2.45) is 0 Å². The van der Waals surface area contributed by atoms with Crippen LogP contribution in [0.5, 0.6) is 11.5 Å². The smallest absolute Gasteiger partial charge is 0.228 e. The zero-order valence-corrected chi connectivity index (χ0v) is 14.8. The van der Waals surface area contributed by atoms with E-state index in [0.29, 0.717) is 19.6 Å². The van der Waals surface area contributed by atoms with Crippen molar-refractivity contribution in [2.45, 2.75) is 6.42 Å². The Morgan fingerprint density at radius 2 is 1.44 bits per heavy atom. The summed E-state index contributed by atoms with van der Waals surface area (Å²) in [5.41, 5.74) is 3.60. The molecule has 0 atom stereocenters. The summed E-state index contributed by atoms with van der Waals surface area (Å²) in [5, 5.41) is 6.25. The van der Waals surface area contributed by atoms with Gasteiger partial charge < -0.3 is 20.1 Å². The van der Waals surface area contributed by atoms with Gasteiger partial charge in [-0.05, 0) is 42.0 Å². The minimum atomic E-state index is -0.0336. The molecular formula is C22H20N2O3. The van der Waals surface area contributed by atoms with Gasteiger partial charge in [-0.2, -0.15) is 0 Å². The molecule has 2 N–H and O–H groups in total. The van der Waals surface area contributed by atoms with Crippen LogP contribution in [0.3, 0.4) is 0 Å². The maximum absolute atomic E-state index is 12.1. The number of hydrogen-bond acceptors (Lipinski definition) is 4. The number of carbonyl (C=O) groups excluding carboxylic acids is 1. The number of benzene rings is 3. The fraction of sp³-hybridized carbons (Fsp3) is 0.136. The van der Waals surface area contributed by atoms with Crippen LogP contribution in [0.15, 0.2) is 72.8 Å². The number of amides is 1. The molecule has 136 valence electrons. The van der Waals surface area contributed by atoms with Gasteiger partial charge in [0, 0.05) is 23.1 Å². The summed E-state index contributed by atoms with van der Waals surface area (Å²) in [4.78, 5) is 12.1. The van der Waals surface area contributed by atoms with Gasteiger partial charge >= 0.3 is 0 Å². The molecule has 27 heavy (non-hydrogen) atoms. The van der Waals surface area contributed by atoms with Crippen LogP contribution < -0.4 is 20.1 Å². The molecule has 1 heterocycles. The van der Waals surface area contributed by atoms with Crippen LogP contribution in [0.4, 0.5) is 17.1 Å². The van der Waals surface area contributed by atoms with E-state index in [2.05, 4.69) is 10.6 Å². The second kappa shape index (κ2) is 7.83. The average molecular weight is 360 g/mol. The number of ether oxygens (including phenoxy) is 2. The highest BCUT2D eigenvalue weighted by Gasteiger charge is 2.11. The average Bonchev–Trinajstić information content (AvgIpc) is 2.70. The number of anilines is 3. The maximum Gasteiger partial charge on any atom is 0.228 e. The molecule has 0 saturated heterocycles. The molecule has 0 radical (unpaired) electrons. The predicted molar refractivity (Wildman–Crippen MR) is 106 cm³/mol. The van der Waals surface area contributed by atoms with Crippen LogP contribution in [0.2, 0.25) is 0 Å². The predicted octanol–water partition coefficient (Wildman–Crippen LogP) is 4.38. The van der Waals surface area contributed by atoms with E-state index in [1.54, 1.807) is 0 Å². The summed E-state index contributed by atoms with van der Waals surface area (Å²) >= 11 is 0. The largest absolute Gasteiger partial charge is 0.486 e. The van der Waals surface area contributed by atoms with Gasteiger partial charge in [0.2, 0.25) is 5.91 Å². The van der Waals surface area contributed by atoms with Crippen molar-refractivity contribution in [3.63, 3.8) is 0 Å². The van der Waals surface area contributed by atoms with Crippen LogP contribution in [-0.4, -0.2) is 19.1 Å². The first-order valence-corrected chi connectivity index (χ1v) is 8.87. The number of nitrogens with one attached hydrogen (secondary N) is 2. The van der Waals surface area contributed by atoms with Crippen LogP contribution in [0.1, 0.15) is 5.56 Å². The van der Waals surface area contributed by atoms with E-state index in [0.717, 1.165) is 34.1 Å². The maximum atomic E-state index is 12.1. The highest BCUT2D eigenvalue weighted by atomic mass is 16.6. The summed E-state index contributed by atoms with van der Waals surface area (Å²) < 4.78 is 11.1. The lowest BCUT2D eigenvalue weighted by Gasteiger charge is -2.19. The Bertz CT molecular complexity index is 924. The summed E-state index contributed by atoms with van der Waals surface area (Å²) in [7, 11) is 0. The molecule has 3 aromatic rings. The first kappa shape index (κ1) is 17.0.